The molecule has 1 saturated heterocycles. The van der Waals surface area contributed by atoms with Crippen LogP contribution in [0, 0.1) is 5.92 Å². The van der Waals surface area contributed by atoms with E-state index in [-0.39, 0.29) is 5.91 Å². The number of nitrogens with two attached hydrogens (primary N) is 1. The van der Waals surface area contributed by atoms with Gasteiger partial charge in [0.05, 0.1) is 0 Å². The minimum absolute atomic E-state index is 0.243. The van der Waals surface area contributed by atoms with Gasteiger partial charge in [0.2, 0.25) is 11.8 Å². The lowest BCUT2D eigenvalue weighted by Crippen LogP contribution is -2.49. The number of carbonyl (C=O) groups excluding carboxylic acids is 2. The number of likely N-dealkylation sites (tertiary alicyclic amines) is 1. The van der Waals surface area contributed by atoms with Crippen LogP contribution in [-0.2, 0) is 11.3 Å². The summed E-state index contributed by atoms with van der Waals surface area (Å²) in [6, 6.07) is 7.77. The fraction of sp³-hybridized carbons (Fsp3) is 0.529. The number of benzene rings is 1. The molecule has 5 nitrogen and oxygen atoms in total. The SMILES string of the molecule is CCC(=O)N1CC[C@@H](NCc2ccc(C(N)=O)cc2)[C@H](C)C1. The molecule has 5 heteroatoms. The van der Waals surface area contributed by atoms with Crippen LogP contribution in [0.25, 0.3) is 0 Å². The average molecular weight is 303 g/mol. The second kappa shape index (κ2) is 7.40. The molecule has 0 bridgehead atoms. The van der Waals surface area contributed by atoms with Gasteiger partial charge in [-0.25, -0.2) is 0 Å². The van der Waals surface area contributed by atoms with Gasteiger partial charge in [-0.3, -0.25) is 9.59 Å². The van der Waals surface area contributed by atoms with E-state index in [1.165, 1.54) is 0 Å². The summed E-state index contributed by atoms with van der Waals surface area (Å²) in [6.45, 7) is 6.51. The molecule has 2 amide bonds. The van der Waals surface area contributed by atoms with Crippen LogP contribution in [0.2, 0.25) is 0 Å². The summed E-state index contributed by atoms with van der Waals surface area (Å²) in [5.74, 6) is 0.280. The smallest absolute Gasteiger partial charge is 0.248 e. The Morgan fingerprint density at radius 1 is 1.32 bits per heavy atom. The van der Waals surface area contributed by atoms with Crippen LogP contribution < -0.4 is 11.1 Å². The second-order valence-corrected chi connectivity index (χ2v) is 6.01. The highest BCUT2D eigenvalue weighted by molar-refractivity contribution is 5.92. The summed E-state index contributed by atoms with van der Waals surface area (Å²) in [5.41, 5.74) is 6.89. The monoisotopic (exact) mass is 303 g/mol. The molecule has 22 heavy (non-hydrogen) atoms. The maximum atomic E-state index is 11.8. The van der Waals surface area contributed by atoms with Crippen LogP contribution in [0.4, 0.5) is 0 Å². The molecule has 0 spiro atoms. The quantitative estimate of drug-likeness (QED) is 0.866. The van der Waals surface area contributed by atoms with E-state index in [1.807, 2.05) is 24.0 Å². The molecule has 3 N–H and O–H groups in total. The van der Waals surface area contributed by atoms with Gasteiger partial charge in [0.25, 0.3) is 0 Å². The van der Waals surface area contributed by atoms with E-state index < -0.39 is 5.91 Å². The van der Waals surface area contributed by atoms with Crippen LogP contribution in [0.15, 0.2) is 24.3 Å². The Hall–Kier alpha value is -1.88. The number of amides is 2. The van der Waals surface area contributed by atoms with E-state index >= 15 is 0 Å². The Morgan fingerprint density at radius 2 is 2.00 bits per heavy atom. The third-order valence-corrected chi connectivity index (χ3v) is 4.37. The molecule has 0 saturated carbocycles. The van der Waals surface area contributed by atoms with Gasteiger partial charge in [0, 0.05) is 37.7 Å². The Bertz CT molecular complexity index is 527. The average Bonchev–Trinajstić information content (AvgIpc) is 2.53. The molecular formula is C17H25N3O2. The largest absolute Gasteiger partial charge is 0.366 e. The van der Waals surface area contributed by atoms with Gasteiger partial charge < -0.3 is 16.0 Å². The van der Waals surface area contributed by atoms with Crippen molar-refractivity contribution in [2.45, 2.75) is 39.3 Å². The highest BCUT2D eigenvalue weighted by atomic mass is 16.2. The number of rotatable bonds is 5. The highest BCUT2D eigenvalue weighted by Crippen LogP contribution is 2.18. The Kier molecular flexibility index (Phi) is 5.55. The topological polar surface area (TPSA) is 75.4 Å². The van der Waals surface area contributed by atoms with E-state index in [2.05, 4.69) is 12.2 Å². The maximum absolute atomic E-state index is 11.8. The van der Waals surface area contributed by atoms with Crippen LogP contribution in [0.1, 0.15) is 42.6 Å². The van der Waals surface area contributed by atoms with Crippen LogP contribution in [-0.4, -0.2) is 35.8 Å². The second-order valence-electron chi connectivity index (χ2n) is 6.01. The Balaban J connectivity index is 1.84. The number of nitrogens with zero attached hydrogens (tertiary/aromatic N) is 1. The van der Waals surface area contributed by atoms with E-state index in [4.69, 9.17) is 5.73 Å². The van der Waals surface area contributed by atoms with Gasteiger partial charge in [-0.15, -0.1) is 0 Å². The molecule has 1 aromatic carbocycles. The third kappa shape index (κ3) is 4.07. The van der Waals surface area contributed by atoms with Crippen LogP contribution in [0.5, 0.6) is 0 Å². The lowest BCUT2D eigenvalue weighted by atomic mass is 9.93. The first-order chi connectivity index (χ1) is 10.5. The fourth-order valence-corrected chi connectivity index (χ4v) is 2.93. The number of carbonyl (C=O) groups is 2. The predicted octanol–water partition coefficient (Wildman–Crippen LogP) is 1.52. The first kappa shape index (κ1) is 16.5. The van der Waals surface area contributed by atoms with Crippen molar-refractivity contribution in [2.75, 3.05) is 13.1 Å². The van der Waals surface area contributed by atoms with Crippen molar-refractivity contribution in [3.63, 3.8) is 0 Å². The van der Waals surface area contributed by atoms with E-state index in [9.17, 15) is 9.59 Å². The molecule has 1 aromatic rings. The molecule has 1 heterocycles. The van der Waals surface area contributed by atoms with Gasteiger partial charge in [-0.05, 0) is 30.0 Å². The van der Waals surface area contributed by atoms with Crippen molar-refractivity contribution in [2.24, 2.45) is 11.7 Å². The highest BCUT2D eigenvalue weighted by Gasteiger charge is 2.27. The zero-order chi connectivity index (χ0) is 16.1. The third-order valence-electron chi connectivity index (χ3n) is 4.37. The zero-order valence-corrected chi connectivity index (χ0v) is 13.3. The van der Waals surface area contributed by atoms with Gasteiger partial charge in [-0.2, -0.15) is 0 Å². The fourth-order valence-electron chi connectivity index (χ4n) is 2.93. The molecular weight excluding hydrogens is 278 g/mol. The minimum atomic E-state index is -0.402. The maximum Gasteiger partial charge on any atom is 0.248 e. The van der Waals surface area contributed by atoms with Gasteiger partial charge >= 0.3 is 0 Å². The summed E-state index contributed by atoms with van der Waals surface area (Å²) in [5, 5.41) is 3.56. The molecule has 0 aromatic heterocycles. The molecule has 1 fully saturated rings. The minimum Gasteiger partial charge on any atom is -0.366 e. The van der Waals surface area contributed by atoms with Crippen LogP contribution >= 0.6 is 0 Å². The predicted molar refractivity (Wildman–Crippen MR) is 86.2 cm³/mol. The summed E-state index contributed by atoms with van der Waals surface area (Å²) in [6.07, 6.45) is 1.56. The lowest BCUT2D eigenvalue weighted by Gasteiger charge is -2.37. The van der Waals surface area contributed by atoms with Crippen molar-refractivity contribution in [3.8, 4) is 0 Å². The van der Waals surface area contributed by atoms with Crippen molar-refractivity contribution in [1.29, 1.82) is 0 Å². The molecule has 2 atom stereocenters. The molecule has 2 rings (SSSR count). The summed E-state index contributed by atoms with van der Waals surface area (Å²) in [4.78, 5) is 24.8. The number of nitrogens with one attached hydrogen (secondary N) is 1. The molecule has 0 radical (unpaired) electrons. The standard InChI is InChI=1S/C17H25N3O2/c1-3-16(21)20-9-8-15(12(2)11-20)19-10-13-4-6-14(7-5-13)17(18)22/h4-7,12,15,19H,3,8-11H2,1-2H3,(H2,18,22)/t12-,15-/m1/s1. The number of primary amides is 1. The normalized spacial score (nSPS) is 21.6. The lowest BCUT2D eigenvalue weighted by molar-refractivity contribution is -0.132. The van der Waals surface area contributed by atoms with E-state index in [0.717, 1.165) is 31.6 Å². The molecule has 1 aliphatic heterocycles. The van der Waals surface area contributed by atoms with Gasteiger partial charge in [-0.1, -0.05) is 26.0 Å². The molecule has 1 aliphatic rings. The van der Waals surface area contributed by atoms with Gasteiger partial charge in [0.1, 0.15) is 0 Å². The van der Waals surface area contributed by atoms with Crippen molar-refractivity contribution in [3.05, 3.63) is 35.4 Å². The molecule has 0 unspecified atom stereocenters. The molecule has 120 valence electrons. The zero-order valence-electron chi connectivity index (χ0n) is 13.3. The number of hydrogen-bond donors (Lipinski definition) is 2. The summed E-state index contributed by atoms with van der Waals surface area (Å²) < 4.78 is 0. The van der Waals surface area contributed by atoms with Crippen LogP contribution in [0.3, 0.4) is 0 Å². The first-order valence-electron chi connectivity index (χ1n) is 7.91. The molecule has 0 aliphatic carbocycles. The van der Waals surface area contributed by atoms with Crippen molar-refractivity contribution < 1.29 is 9.59 Å². The van der Waals surface area contributed by atoms with Gasteiger partial charge in [0.15, 0.2) is 0 Å². The summed E-state index contributed by atoms with van der Waals surface area (Å²) in [7, 11) is 0. The summed E-state index contributed by atoms with van der Waals surface area (Å²) >= 11 is 0. The Labute approximate surface area is 131 Å². The number of piperidine rings is 1. The number of hydrogen-bond acceptors (Lipinski definition) is 3. The van der Waals surface area contributed by atoms with E-state index in [1.54, 1.807) is 12.1 Å². The first-order valence-corrected chi connectivity index (χ1v) is 7.91. The Morgan fingerprint density at radius 3 is 2.55 bits per heavy atom. The van der Waals surface area contributed by atoms with Crippen molar-refractivity contribution >= 4 is 11.8 Å². The van der Waals surface area contributed by atoms with Crippen molar-refractivity contribution in [1.82, 2.24) is 10.2 Å². The van der Waals surface area contributed by atoms with E-state index in [0.29, 0.717) is 23.9 Å².